The summed E-state index contributed by atoms with van der Waals surface area (Å²) in [6, 6.07) is 8.17. The number of aryl methyl sites for hydroxylation is 3. The van der Waals surface area contributed by atoms with Crippen LogP contribution in [0.1, 0.15) is 30.8 Å². The van der Waals surface area contributed by atoms with Gasteiger partial charge in [-0.2, -0.15) is 5.10 Å². The largest absolute Gasteiger partial charge is 0.487 e. The normalized spacial score (nSPS) is 10.7. The zero-order chi connectivity index (χ0) is 13.8. The van der Waals surface area contributed by atoms with Crippen molar-refractivity contribution in [3.05, 3.63) is 45.7 Å². The van der Waals surface area contributed by atoms with Gasteiger partial charge in [-0.1, -0.05) is 25.1 Å². The number of nitrogens with zero attached hydrogens (tertiary/aromatic N) is 2. The van der Waals surface area contributed by atoms with Crippen LogP contribution in [0.25, 0.3) is 0 Å². The molecule has 19 heavy (non-hydrogen) atoms. The fourth-order valence-electron chi connectivity index (χ4n) is 2.09. The predicted molar refractivity (Wildman–Crippen MR) is 80.5 cm³/mol. The molecular formula is C15H19BrN2O. The van der Waals surface area contributed by atoms with Gasteiger partial charge >= 0.3 is 0 Å². The van der Waals surface area contributed by atoms with E-state index in [0.29, 0.717) is 6.61 Å². The second kappa shape index (κ2) is 6.24. The molecule has 2 aromatic rings. The Balaban J connectivity index is 2.19. The average Bonchev–Trinajstić information content (AvgIpc) is 2.72. The van der Waals surface area contributed by atoms with Gasteiger partial charge in [-0.15, -0.1) is 0 Å². The molecule has 0 unspecified atom stereocenters. The van der Waals surface area contributed by atoms with Crippen molar-refractivity contribution < 1.29 is 4.74 Å². The van der Waals surface area contributed by atoms with Crippen molar-refractivity contribution in [2.75, 3.05) is 0 Å². The third-order valence-corrected chi connectivity index (χ3v) is 4.20. The van der Waals surface area contributed by atoms with Crippen LogP contribution in [0.3, 0.4) is 0 Å². The highest BCUT2D eigenvalue weighted by Gasteiger charge is 2.13. The third-order valence-electron chi connectivity index (χ3n) is 3.17. The smallest absolute Gasteiger partial charge is 0.131 e. The van der Waals surface area contributed by atoms with Crippen LogP contribution in [-0.4, -0.2) is 9.78 Å². The molecule has 0 radical (unpaired) electrons. The second-order valence-electron chi connectivity index (χ2n) is 4.41. The van der Waals surface area contributed by atoms with Crippen LogP contribution in [0.5, 0.6) is 5.75 Å². The minimum atomic E-state index is 0.534. The molecule has 1 heterocycles. The van der Waals surface area contributed by atoms with E-state index in [0.717, 1.165) is 34.6 Å². The van der Waals surface area contributed by atoms with Gasteiger partial charge in [0.15, 0.2) is 0 Å². The van der Waals surface area contributed by atoms with Crippen molar-refractivity contribution >= 4 is 15.9 Å². The lowest BCUT2D eigenvalue weighted by Gasteiger charge is -2.11. The number of ether oxygens (including phenoxy) is 1. The first-order chi connectivity index (χ1) is 9.17. The number of para-hydroxylation sites is 1. The highest BCUT2D eigenvalue weighted by atomic mass is 79.9. The van der Waals surface area contributed by atoms with Gasteiger partial charge in [-0.25, -0.2) is 0 Å². The standard InChI is InChI=1S/C15H19BrN2O/c1-4-12-8-6-7-9-14(12)19-10-13-15(16)11(3)17-18(13)5-2/h6-9H,4-5,10H2,1-3H3. The van der Waals surface area contributed by atoms with Gasteiger partial charge in [0.2, 0.25) is 0 Å². The van der Waals surface area contributed by atoms with Crippen molar-refractivity contribution in [3.63, 3.8) is 0 Å². The summed E-state index contributed by atoms with van der Waals surface area (Å²) in [6.07, 6.45) is 0.976. The van der Waals surface area contributed by atoms with E-state index in [1.807, 2.05) is 29.8 Å². The van der Waals surface area contributed by atoms with E-state index in [9.17, 15) is 0 Å². The van der Waals surface area contributed by atoms with Gasteiger partial charge in [0.1, 0.15) is 12.4 Å². The molecule has 0 saturated heterocycles. The van der Waals surface area contributed by atoms with E-state index >= 15 is 0 Å². The van der Waals surface area contributed by atoms with E-state index < -0.39 is 0 Å². The molecule has 3 nitrogen and oxygen atoms in total. The fraction of sp³-hybridized carbons (Fsp3) is 0.400. The maximum Gasteiger partial charge on any atom is 0.131 e. The molecule has 2 rings (SSSR count). The molecule has 102 valence electrons. The molecule has 0 saturated carbocycles. The molecular weight excluding hydrogens is 304 g/mol. The molecule has 0 bridgehead atoms. The van der Waals surface area contributed by atoms with Crippen LogP contribution < -0.4 is 4.74 Å². The van der Waals surface area contributed by atoms with Crippen molar-refractivity contribution in [1.82, 2.24) is 9.78 Å². The van der Waals surface area contributed by atoms with Crippen LogP contribution in [-0.2, 0) is 19.6 Å². The molecule has 1 aromatic heterocycles. The number of hydrogen-bond acceptors (Lipinski definition) is 2. The third kappa shape index (κ3) is 3.00. The molecule has 0 aliphatic carbocycles. The Hall–Kier alpha value is -1.29. The highest BCUT2D eigenvalue weighted by Crippen LogP contribution is 2.24. The molecule has 4 heteroatoms. The Morgan fingerprint density at radius 1 is 1.26 bits per heavy atom. The van der Waals surface area contributed by atoms with E-state index in [2.05, 4.69) is 40.9 Å². The highest BCUT2D eigenvalue weighted by molar-refractivity contribution is 9.10. The first-order valence-electron chi connectivity index (χ1n) is 6.59. The van der Waals surface area contributed by atoms with Gasteiger partial charge in [-0.05, 0) is 47.8 Å². The number of rotatable bonds is 5. The number of benzene rings is 1. The molecule has 1 aromatic carbocycles. The number of hydrogen-bond donors (Lipinski definition) is 0. The summed E-state index contributed by atoms with van der Waals surface area (Å²) in [5.74, 6) is 0.957. The van der Waals surface area contributed by atoms with Gasteiger partial charge in [0, 0.05) is 6.54 Å². The average molecular weight is 323 g/mol. The van der Waals surface area contributed by atoms with Crippen molar-refractivity contribution in [3.8, 4) is 5.75 Å². The number of aromatic nitrogens is 2. The summed E-state index contributed by atoms with van der Waals surface area (Å²) in [5, 5.41) is 4.47. The Morgan fingerprint density at radius 2 is 2.00 bits per heavy atom. The Bertz CT molecular complexity index is 563. The molecule has 0 aliphatic heterocycles. The van der Waals surface area contributed by atoms with Gasteiger partial charge in [-0.3, -0.25) is 4.68 Å². The quantitative estimate of drug-likeness (QED) is 0.828. The Kier molecular flexibility index (Phi) is 4.64. The summed E-state index contributed by atoms with van der Waals surface area (Å²) in [5.41, 5.74) is 3.33. The van der Waals surface area contributed by atoms with Crippen LogP contribution in [0, 0.1) is 6.92 Å². The lowest BCUT2D eigenvalue weighted by atomic mass is 10.1. The lowest BCUT2D eigenvalue weighted by Crippen LogP contribution is -2.07. The maximum atomic E-state index is 5.96. The summed E-state index contributed by atoms with van der Waals surface area (Å²) in [6.45, 7) is 7.60. The number of halogens is 1. The SMILES string of the molecule is CCc1ccccc1OCc1c(Br)c(C)nn1CC. The molecule has 0 fully saturated rings. The van der Waals surface area contributed by atoms with Gasteiger partial charge in [0.25, 0.3) is 0 Å². The minimum Gasteiger partial charge on any atom is -0.487 e. The predicted octanol–water partition coefficient (Wildman–Crippen LogP) is 4.12. The minimum absolute atomic E-state index is 0.534. The second-order valence-corrected chi connectivity index (χ2v) is 5.20. The van der Waals surface area contributed by atoms with Crippen LogP contribution >= 0.6 is 15.9 Å². The summed E-state index contributed by atoms with van der Waals surface area (Å²) >= 11 is 3.59. The summed E-state index contributed by atoms with van der Waals surface area (Å²) < 4.78 is 8.98. The topological polar surface area (TPSA) is 27.1 Å². The zero-order valence-electron chi connectivity index (χ0n) is 11.6. The van der Waals surface area contributed by atoms with E-state index in [4.69, 9.17) is 4.74 Å². The van der Waals surface area contributed by atoms with E-state index in [-0.39, 0.29) is 0 Å². The Morgan fingerprint density at radius 3 is 2.68 bits per heavy atom. The van der Waals surface area contributed by atoms with E-state index in [1.54, 1.807) is 0 Å². The molecule has 0 amide bonds. The van der Waals surface area contributed by atoms with E-state index in [1.165, 1.54) is 5.56 Å². The van der Waals surface area contributed by atoms with Crippen LogP contribution in [0.2, 0.25) is 0 Å². The molecule has 0 N–H and O–H groups in total. The van der Waals surface area contributed by atoms with Crippen LogP contribution in [0.4, 0.5) is 0 Å². The maximum absolute atomic E-state index is 5.96. The van der Waals surface area contributed by atoms with Gasteiger partial charge in [0.05, 0.1) is 15.9 Å². The van der Waals surface area contributed by atoms with Crippen molar-refractivity contribution in [2.45, 2.75) is 40.3 Å². The molecule has 0 atom stereocenters. The van der Waals surface area contributed by atoms with Gasteiger partial charge < -0.3 is 4.74 Å². The monoisotopic (exact) mass is 322 g/mol. The Labute approximate surface area is 122 Å². The summed E-state index contributed by atoms with van der Waals surface area (Å²) in [7, 11) is 0. The van der Waals surface area contributed by atoms with Crippen molar-refractivity contribution in [2.24, 2.45) is 0 Å². The van der Waals surface area contributed by atoms with Crippen molar-refractivity contribution in [1.29, 1.82) is 0 Å². The molecule has 0 spiro atoms. The zero-order valence-corrected chi connectivity index (χ0v) is 13.2. The first kappa shape index (κ1) is 14.1. The lowest BCUT2D eigenvalue weighted by molar-refractivity contribution is 0.289. The first-order valence-corrected chi connectivity index (χ1v) is 7.39. The molecule has 0 aliphatic rings. The fourth-order valence-corrected chi connectivity index (χ4v) is 2.49. The summed E-state index contributed by atoms with van der Waals surface area (Å²) in [4.78, 5) is 0. The van der Waals surface area contributed by atoms with Crippen LogP contribution in [0.15, 0.2) is 28.7 Å².